The topological polar surface area (TPSA) is 46.3 Å². The van der Waals surface area contributed by atoms with Crippen molar-refractivity contribution in [1.82, 2.24) is 24.5 Å². The molecule has 0 atom stereocenters. The van der Waals surface area contributed by atoms with Crippen LogP contribution >= 0.6 is 0 Å². The maximum absolute atomic E-state index is 13.0. The minimum Gasteiger partial charge on any atom is -0.299 e. The smallest absolute Gasteiger partial charge is 0.299 e. The molecule has 1 aromatic carbocycles. The maximum Gasteiger partial charge on any atom is 0.433 e. The predicted molar refractivity (Wildman–Crippen MR) is 115 cm³/mol. The molecule has 5 rings (SSSR count). The Morgan fingerprint density at radius 2 is 1.75 bits per heavy atom. The van der Waals surface area contributed by atoms with Gasteiger partial charge in [0.1, 0.15) is 5.69 Å². The van der Waals surface area contributed by atoms with Gasteiger partial charge in [0.15, 0.2) is 5.65 Å². The Hall–Kier alpha value is -3.26. The van der Waals surface area contributed by atoms with E-state index in [9.17, 15) is 13.2 Å². The van der Waals surface area contributed by atoms with Gasteiger partial charge in [-0.1, -0.05) is 30.3 Å². The van der Waals surface area contributed by atoms with Gasteiger partial charge < -0.3 is 0 Å². The predicted octanol–water partition coefficient (Wildman–Crippen LogP) is 5.19. The van der Waals surface area contributed by atoms with Crippen molar-refractivity contribution < 1.29 is 13.2 Å². The second-order valence-corrected chi connectivity index (χ2v) is 8.18. The SMILES string of the molecule is FC(F)(F)c1cc(-c2cnn3cc(CN4CCC(c5ccccc5)CC4)cnc23)ccn1. The third-order valence-electron chi connectivity index (χ3n) is 6.04. The number of likely N-dealkylation sites (tertiary alicyclic amines) is 1. The second kappa shape index (κ2) is 8.35. The van der Waals surface area contributed by atoms with Crippen LogP contribution in [0.15, 0.2) is 67.3 Å². The first kappa shape index (κ1) is 20.6. The van der Waals surface area contributed by atoms with Gasteiger partial charge in [0.05, 0.1) is 6.20 Å². The van der Waals surface area contributed by atoms with Crippen molar-refractivity contribution in [3.63, 3.8) is 0 Å². The van der Waals surface area contributed by atoms with Gasteiger partial charge >= 0.3 is 6.18 Å². The molecule has 0 spiro atoms. The molecular weight excluding hydrogens is 415 g/mol. The normalized spacial score (nSPS) is 16.0. The van der Waals surface area contributed by atoms with Crippen LogP contribution in [0.5, 0.6) is 0 Å². The lowest BCUT2D eigenvalue weighted by atomic mass is 9.89. The molecule has 4 aromatic rings. The number of rotatable bonds is 4. The molecule has 1 aliphatic heterocycles. The van der Waals surface area contributed by atoms with E-state index in [1.54, 1.807) is 23.0 Å². The van der Waals surface area contributed by atoms with Crippen LogP contribution in [0.3, 0.4) is 0 Å². The maximum atomic E-state index is 13.0. The molecule has 0 amide bonds. The van der Waals surface area contributed by atoms with Gasteiger partial charge in [-0.25, -0.2) is 9.50 Å². The molecule has 0 aliphatic carbocycles. The van der Waals surface area contributed by atoms with Crippen LogP contribution in [0.25, 0.3) is 16.8 Å². The molecule has 0 bridgehead atoms. The standard InChI is InChI=1S/C24H22F3N5/c25-24(26,27)22-12-20(6-9-28-22)21-14-30-32-16-17(13-29-23(21)32)15-31-10-7-19(8-11-31)18-4-2-1-3-5-18/h1-6,9,12-14,16,19H,7-8,10-11,15H2. The van der Waals surface area contributed by atoms with Crippen molar-refractivity contribution >= 4 is 5.65 Å². The summed E-state index contributed by atoms with van der Waals surface area (Å²) < 4.78 is 40.7. The molecule has 5 nitrogen and oxygen atoms in total. The van der Waals surface area contributed by atoms with E-state index >= 15 is 0 Å². The number of nitrogens with zero attached hydrogens (tertiary/aromatic N) is 5. The summed E-state index contributed by atoms with van der Waals surface area (Å²) in [6.45, 7) is 2.80. The highest BCUT2D eigenvalue weighted by Gasteiger charge is 2.32. The van der Waals surface area contributed by atoms with Crippen LogP contribution in [-0.2, 0) is 12.7 Å². The van der Waals surface area contributed by atoms with E-state index in [0.717, 1.165) is 50.3 Å². The van der Waals surface area contributed by atoms with Gasteiger partial charge in [0, 0.05) is 36.3 Å². The highest BCUT2D eigenvalue weighted by atomic mass is 19.4. The van der Waals surface area contributed by atoms with Crippen molar-refractivity contribution in [3.8, 4) is 11.1 Å². The van der Waals surface area contributed by atoms with Crippen LogP contribution in [-0.4, -0.2) is 37.6 Å². The number of fused-ring (bicyclic) bond motifs is 1. The van der Waals surface area contributed by atoms with Crippen LogP contribution in [0.2, 0.25) is 0 Å². The van der Waals surface area contributed by atoms with E-state index in [0.29, 0.717) is 22.7 Å². The van der Waals surface area contributed by atoms with Gasteiger partial charge in [0.25, 0.3) is 0 Å². The Kier molecular flexibility index (Phi) is 5.38. The molecule has 1 fully saturated rings. The summed E-state index contributed by atoms with van der Waals surface area (Å²) in [6, 6.07) is 13.2. The highest BCUT2D eigenvalue weighted by Crippen LogP contribution is 2.32. The average molecular weight is 437 g/mol. The molecule has 4 heterocycles. The number of pyridine rings is 1. The van der Waals surface area contributed by atoms with Gasteiger partial charge in [0.2, 0.25) is 0 Å². The third kappa shape index (κ3) is 4.23. The van der Waals surface area contributed by atoms with E-state index in [2.05, 4.69) is 44.2 Å². The first-order valence-electron chi connectivity index (χ1n) is 10.6. The number of halogens is 3. The van der Waals surface area contributed by atoms with Crippen molar-refractivity contribution in [1.29, 1.82) is 0 Å². The minimum absolute atomic E-state index is 0.394. The van der Waals surface area contributed by atoms with E-state index in [1.165, 1.54) is 5.56 Å². The number of benzene rings is 1. The Balaban J connectivity index is 1.30. The average Bonchev–Trinajstić information content (AvgIpc) is 3.23. The summed E-state index contributed by atoms with van der Waals surface area (Å²) in [5.74, 6) is 0.601. The first-order chi connectivity index (χ1) is 15.5. The Morgan fingerprint density at radius 1 is 0.969 bits per heavy atom. The molecule has 1 saturated heterocycles. The molecule has 8 heteroatoms. The zero-order valence-electron chi connectivity index (χ0n) is 17.3. The zero-order valence-corrected chi connectivity index (χ0v) is 17.3. The fourth-order valence-electron chi connectivity index (χ4n) is 4.36. The van der Waals surface area contributed by atoms with Crippen LogP contribution < -0.4 is 0 Å². The van der Waals surface area contributed by atoms with Crippen molar-refractivity contribution in [3.05, 3.63) is 84.1 Å². The summed E-state index contributed by atoms with van der Waals surface area (Å²) in [5.41, 5.74) is 2.97. The second-order valence-electron chi connectivity index (χ2n) is 8.18. The van der Waals surface area contributed by atoms with Gasteiger partial charge in [-0.15, -0.1) is 0 Å². The lowest BCUT2D eigenvalue weighted by Gasteiger charge is -2.32. The Morgan fingerprint density at radius 3 is 2.50 bits per heavy atom. The Labute approximate surface area is 183 Å². The highest BCUT2D eigenvalue weighted by molar-refractivity contribution is 5.76. The number of piperidine rings is 1. The number of hydrogen-bond acceptors (Lipinski definition) is 4. The van der Waals surface area contributed by atoms with Gasteiger partial charge in [-0.05, 0) is 55.1 Å². The summed E-state index contributed by atoms with van der Waals surface area (Å²) in [6.07, 6.45) is 4.15. The number of aromatic nitrogens is 4. The van der Waals surface area contributed by atoms with Crippen LogP contribution in [0, 0.1) is 0 Å². The van der Waals surface area contributed by atoms with Gasteiger partial charge in [-0.2, -0.15) is 18.3 Å². The minimum atomic E-state index is -4.49. The van der Waals surface area contributed by atoms with Crippen LogP contribution in [0.4, 0.5) is 13.2 Å². The molecule has 3 aromatic heterocycles. The molecule has 164 valence electrons. The zero-order chi connectivity index (χ0) is 22.1. The molecular formula is C24H22F3N5. The third-order valence-corrected chi connectivity index (χ3v) is 6.04. The van der Waals surface area contributed by atoms with Gasteiger partial charge in [-0.3, -0.25) is 9.88 Å². The fraction of sp³-hybridized carbons (Fsp3) is 0.292. The molecule has 0 unspecified atom stereocenters. The summed E-state index contributed by atoms with van der Waals surface area (Å²) >= 11 is 0. The lowest BCUT2D eigenvalue weighted by Crippen LogP contribution is -2.32. The molecule has 32 heavy (non-hydrogen) atoms. The quantitative estimate of drug-likeness (QED) is 0.441. The van der Waals surface area contributed by atoms with E-state index in [4.69, 9.17) is 0 Å². The van der Waals surface area contributed by atoms with Crippen molar-refractivity contribution in [2.24, 2.45) is 0 Å². The Bertz CT molecular complexity index is 1210. The number of hydrogen-bond donors (Lipinski definition) is 0. The molecule has 1 aliphatic rings. The molecule has 0 N–H and O–H groups in total. The largest absolute Gasteiger partial charge is 0.433 e. The first-order valence-corrected chi connectivity index (χ1v) is 10.6. The van der Waals surface area contributed by atoms with Crippen molar-refractivity contribution in [2.45, 2.75) is 31.5 Å². The monoisotopic (exact) mass is 437 g/mol. The number of alkyl halides is 3. The fourth-order valence-corrected chi connectivity index (χ4v) is 4.36. The lowest BCUT2D eigenvalue weighted by molar-refractivity contribution is -0.141. The summed E-state index contributed by atoms with van der Waals surface area (Å²) in [5, 5.41) is 4.33. The molecule has 0 saturated carbocycles. The summed E-state index contributed by atoms with van der Waals surface area (Å²) in [7, 11) is 0. The van der Waals surface area contributed by atoms with E-state index in [-0.39, 0.29) is 0 Å². The van der Waals surface area contributed by atoms with Crippen molar-refractivity contribution in [2.75, 3.05) is 13.1 Å². The van der Waals surface area contributed by atoms with E-state index in [1.807, 2.05) is 12.3 Å². The van der Waals surface area contributed by atoms with Crippen LogP contribution in [0.1, 0.15) is 35.6 Å². The summed E-state index contributed by atoms with van der Waals surface area (Å²) in [4.78, 5) is 10.3. The molecule has 0 radical (unpaired) electrons. The van der Waals surface area contributed by atoms with E-state index < -0.39 is 11.9 Å².